The molecule has 0 spiro atoms. The topological polar surface area (TPSA) is 101 Å². The molecule has 0 bridgehead atoms. The Kier molecular flexibility index (Phi) is 5.08. The van der Waals surface area contributed by atoms with E-state index in [-0.39, 0.29) is 12.3 Å². The molecule has 2 heterocycles. The number of primary amides is 1. The first-order valence-electron chi connectivity index (χ1n) is 7.10. The van der Waals surface area contributed by atoms with E-state index in [1.807, 2.05) is 0 Å². The number of anilines is 1. The van der Waals surface area contributed by atoms with Crippen molar-refractivity contribution in [2.45, 2.75) is 6.42 Å². The van der Waals surface area contributed by atoms with Crippen LogP contribution in [0.4, 0.5) is 5.13 Å². The molecule has 3 aromatic rings. The molecule has 0 radical (unpaired) electrons. The summed E-state index contributed by atoms with van der Waals surface area (Å²) in [6.45, 7) is 0. The number of amides is 2. The SMILES string of the molecule is NC(=O)c1cc(-c2csc(NC(=O)Cc3ccc(Cl)c(Cl)c3)n2)c[nH]1. The van der Waals surface area contributed by atoms with Crippen LogP contribution >= 0.6 is 34.5 Å². The van der Waals surface area contributed by atoms with E-state index in [2.05, 4.69) is 15.3 Å². The van der Waals surface area contributed by atoms with Gasteiger partial charge in [0.15, 0.2) is 5.13 Å². The average molecular weight is 395 g/mol. The van der Waals surface area contributed by atoms with Crippen molar-refractivity contribution < 1.29 is 9.59 Å². The minimum Gasteiger partial charge on any atom is -0.364 e. The molecule has 25 heavy (non-hydrogen) atoms. The van der Waals surface area contributed by atoms with Crippen LogP contribution in [-0.2, 0) is 11.2 Å². The molecule has 2 aromatic heterocycles. The Labute approximate surface area is 157 Å². The molecule has 0 fully saturated rings. The summed E-state index contributed by atoms with van der Waals surface area (Å²) in [6, 6.07) is 6.66. The summed E-state index contributed by atoms with van der Waals surface area (Å²) in [7, 11) is 0. The zero-order chi connectivity index (χ0) is 18.0. The molecule has 2 amide bonds. The molecule has 6 nitrogen and oxygen atoms in total. The number of carbonyl (C=O) groups excluding carboxylic acids is 2. The summed E-state index contributed by atoms with van der Waals surface area (Å²) < 4.78 is 0. The molecule has 0 saturated carbocycles. The van der Waals surface area contributed by atoms with E-state index >= 15 is 0 Å². The van der Waals surface area contributed by atoms with Gasteiger partial charge in [0.1, 0.15) is 5.69 Å². The number of halogens is 2. The number of nitrogens with two attached hydrogens (primary N) is 1. The van der Waals surface area contributed by atoms with Crippen LogP contribution < -0.4 is 11.1 Å². The summed E-state index contributed by atoms with van der Waals surface area (Å²) in [5, 5.41) is 5.82. The average Bonchev–Trinajstić information content (AvgIpc) is 3.19. The molecule has 0 aliphatic heterocycles. The van der Waals surface area contributed by atoms with E-state index < -0.39 is 5.91 Å². The van der Waals surface area contributed by atoms with Crippen molar-refractivity contribution in [3.8, 4) is 11.3 Å². The minimum absolute atomic E-state index is 0.155. The highest BCUT2D eigenvalue weighted by Gasteiger charge is 2.12. The van der Waals surface area contributed by atoms with Crippen LogP contribution in [0, 0.1) is 0 Å². The highest BCUT2D eigenvalue weighted by Crippen LogP contribution is 2.26. The lowest BCUT2D eigenvalue weighted by Crippen LogP contribution is -2.14. The van der Waals surface area contributed by atoms with Crippen molar-refractivity contribution in [3.05, 3.63) is 57.1 Å². The van der Waals surface area contributed by atoms with Crippen LogP contribution in [0.15, 0.2) is 35.8 Å². The van der Waals surface area contributed by atoms with Crippen LogP contribution in [0.5, 0.6) is 0 Å². The number of hydrogen-bond acceptors (Lipinski definition) is 4. The Hall–Kier alpha value is -2.35. The smallest absolute Gasteiger partial charge is 0.265 e. The predicted octanol–water partition coefficient (Wildman–Crippen LogP) is 3.73. The normalized spacial score (nSPS) is 10.6. The van der Waals surface area contributed by atoms with E-state index in [1.165, 1.54) is 11.3 Å². The highest BCUT2D eigenvalue weighted by atomic mass is 35.5. The first kappa shape index (κ1) is 17.5. The number of benzene rings is 1. The number of nitrogens with one attached hydrogen (secondary N) is 2. The number of carbonyl (C=O) groups is 2. The Balaban J connectivity index is 1.66. The molecule has 0 atom stereocenters. The Morgan fingerprint density at radius 1 is 1.24 bits per heavy atom. The molecule has 128 valence electrons. The van der Waals surface area contributed by atoms with Gasteiger partial charge in [-0.15, -0.1) is 11.3 Å². The van der Waals surface area contributed by atoms with Crippen molar-refractivity contribution >= 4 is 51.5 Å². The second kappa shape index (κ2) is 7.26. The lowest BCUT2D eigenvalue weighted by atomic mass is 10.1. The number of aromatic amines is 1. The monoisotopic (exact) mass is 394 g/mol. The molecule has 0 saturated heterocycles. The van der Waals surface area contributed by atoms with Gasteiger partial charge in [0.05, 0.1) is 22.2 Å². The zero-order valence-electron chi connectivity index (χ0n) is 12.7. The number of nitrogens with zero attached hydrogens (tertiary/aromatic N) is 1. The molecular weight excluding hydrogens is 383 g/mol. The first-order valence-corrected chi connectivity index (χ1v) is 8.74. The Morgan fingerprint density at radius 2 is 2.04 bits per heavy atom. The van der Waals surface area contributed by atoms with Gasteiger partial charge in [-0.2, -0.15) is 0 Å². The quantitative estimate of drug-likeness (QED) is 0.614. The molecule has 4 N–H and O–H groups in total. The summed E-state index contributed by atoms with van der Waals surface area (Å²) in [6.07, 6.45) is 1.79. The van der Waals surface area contributed by atoms with Gasteiger partial charge < -0.3 is 16.0 Å². The fourth-order valence-corrected chi connectivity index (χ4v) is 3.20. The van der Waals surface area contributed by atoms with Gasteiger partial charge in [-0.1, -0.05) is 29.3 Å². The Morgan fingerprint density at radius 3 is 2.72 bits per heavy atom. The number of aromatic nitrogens is 2. The summed E-state index contributed by atoms with van der Waals surface area (Å²) in [5.74, 6) is -0.761. The van der Waals surface area contributed by atoms with Gasteiger partial charge in [-0.25, -0.2) is 4.98 Å². The van der Waals surface area contributed by atoms with Crippen LogP contribution in [0.25, 0.3) is 11.3 Å². The standard InChI is InChI=1S/C16H12Cl2N4O2S/c17-10-2-1-8(3-11(10)18)4-14(23)22-16-21-13(7-25-16)9-5-12(15(19)24)20-6-9/h1-3,5-7,20H,4H2,(H2,19,24)(H,21,22,23). The van der Waals surface area contributed by atoms with Crippen LogP contribution in [0.3, 0.4) is 0 Å². The van der Waals surface area contributed by atoms with E-state index in [9.17, 15) is 9.59 Å². The maximum Gasteiger partial charge on any atom is 0.265 e. The molecule has 0 aliphatic carbocycles. The number of rotatable bonds is 5. The van der Waals surface area contributed by atoms with E-state index in [0.29, 0.717) is 26.6 Å². The Bertz CT molecular complexity index is 951. The number of thiazole rings is 1. The third-order valence-corrected chi connectivity index (χ3v) is 4.84. The van der Waals surface area contributed by atoms with Gasteiger partial charge in [0, 0.05) is 17.1 Å². The van der Waals surface area contributed by atoms with Gasteiger partial charge in [0.2, 0.25) is 5.91 Å². The molecule has 9 heteroatoms. The van der Waals surface area contributed by atoms with Crippen LogP contribution in [0.2, 0.25) is 10.0 Å². The van der Waals surface area contributed by atoms with Crippen molar-refractivity contribution in [3.63, 3.8) is 0 Å². The van der Waals surface area contributed by atoms with Gasteiger partial charge >= 0.3 is 0 Å². The largest absolute Gasteiger partial charge is 0.364 e. The molecule has 0 aliphatic rings. The number of hydrogen-bond donors (Lipinski definition) is 3. The minimum atomic E-state index is -0.545. The third kappa shape index (κ3) is 4.19. The van der Waals surface area contributed by atoms with E-state index in [0.717, 1.165) is 11.1 Å². The second-order valence-corrected chi connectivity index (χ2v) is 6.85. The van der Waals surface area contributed by atoms with Crippen molar-refractivity contribution in [2.75, 3.05) is 5.32 Å². The van der Waals surface area contributed by atoms with Crippen LogP contribution in [-0.4, -0.2) is 21.8 Å². The summed E-state index contributed by atoms with van der Waals surface area (Å²) in [4.78, 5) is 30.4. The molecule has 3 rings (SSSR count). The van der Waals surface area contributed by atoms with Crippen molar-refractivity contribution in [1.29, 1.82) is 0 Å². The van der Waals surface area contributed by atoms with E-state index in [1.54, 1.807) is 35.8 Å². The van der Waals surface area contributed by atoms with Gasteiger partial charge in [-0.05, 0) is 23.8 Å². The first-order chi connectivity index (χ1) is 11.9. The zero-order valence-corrected chi connectivity index (χ0v) is 15.0. The maximum atomic E-state index is 12.1. The van der Waals surface area contributed by atoms with Gasteiger partial charge in [0.25, 0.3) is 5.91 Å². The molecule has 0 unspecified atom stereocenters. The highest BCUT2D eigenvalue weighted by molar-refractivity contribution is 7.14. The summed E-state index contributed by atoms with van der Waals surface area (Å²) >= 11 is 13.1. The fraction of sp³-hybridized carbons (Fsp3) is 0.0625. The second-order valence-electron chi connectivity index (χ2n) is 5.18. The maximum absolute atomic E-state index is 12.1. The lowest BCUT2D eigenvalue weighted by Gasteiger charge is -2.03. The lowest BCUT2D eigenvalue weighted by molar-refractivity contribution is -0.115. The van der Waals surface area contributed by atoms with Crippen LogP contribution in [0.1, 0.15) is 16.1 Å². The van der Waals surface area contributed by atoms with Crippen molar-refractivity contribution in [2.24, 2.45) is 5.73 Å². The molecular formula is C16H12Cl2N4O2S. The van der Waals surface area contributed by atoms with Crippen molar-refractivity contribution in [1.82, 2.24) is 9.97 Å². The predicted molar refractivity (Wildman–Crippen MR) is 99.2 cm³/mol. The van der Waals surface area contributed by atoms with Gasteiger partial charge in [-0.3, -0.25) is 9.59 Å². The molecule has 1 aromatic carbocycles. The fourth-order valence-electron chi connectivity index (χ4n) is 2.15. The third-order valence-electron chi connectivity index (χ3n) is 3.34. The summed E-state index contributed by atoms with van der Waals surface area (Å²) in [5.41, 5.74) is 7.61. The van der Waals surface area contributed by atoms with E-state index in [4.69, 9.17) is 28.9 Å². The number of H-pyrrole nitrogens is 1.